The number of nitrogens with one attached hydrogen (secondary N) is 1. The van der Waals surface area contributed by atoms with Crippen molar-refractivity contribution in [1.29, 1.82) is 0 Å². The molecule has 0 aromatic heterocycles. The molecule has 0 saturated carbocycles. The summed E-state index contributed by atoms with van der Waals surface area (Å²) in [6, 6.07) is 12.5. The molecular formula is C22H23N3O3. The Balaban J connectivity index is 1.75. The highest BCUT2D eigenvalue weighted by atomic mass is 16.2. The topological polar surface area (TPSA) is 69.7 Å². The molecule has 28 heavy (non-hydrogen) atoms. The molecule has 0 aliphatic carbocycles. The van der Waals surface area contributed by atoms with Crippen molar-refractivity contribution in [2.24, 2.45) is 0 Å². The zero-order valence-corrected chi connectivity index (χ0v) is 16.1. The zero-order chi connectivity index (χ0) is 20.3. The first kappa shape index (κ1) is 19.5. The fourth-order valence-corrected chi connectivity index (χ4v) is 3.23. The van der Waals surface area contributed by atoms with Crippen molar-refractivity contribution in [2.75, 3.05) is 20.6 Å². The van der Waals surface area contributed by atoms with Crippen molar-refractivity contribution in [3.8, 4) is 0 Å². The van der Waals surface area contributed by atoms with Crippen LogP contribution in [0.2, 0.25) is 0 Å². The van der Waals surface area contributed by atoms with Crippen molar-refractivity contribution in [3.05, 3.63) is 82.9 Å². The summed E-state index contributed by atoms with van der Waals surface area (Å²) in [5, 5.41) is 2.90. The van der Waals surface area contributed by atoms with Crippen molar-refractivity contribution in [3.63, 3.8) is 0 Å². The largest absolute Gasteiger partial charge is 0.348 e. The first-order valence-corrected chi connectivity index (χ1v) is 9.03. The Labute approximate surface area is 164 Å². The third kappa shape index (κ3) is 3.87. The Morgan fingerprint density at radius 3 is 2.43 bits per heavy atom. The van der Waals surface area contributed by atoms with Gasteiger partial charge in [0.25, 0.3) is 17.7 Å². The van der Waals surface area contributed by atoms with Crippen molar-refractivity contribution in [2.45, 2.75) is 13.1 Å². The first-order valence-electron chi connectivity index (χ1n) is 9.03. The van der Waals surface area contributed by atoms with Crippen LogP contribution in [0.5, 0.6) is 0 Å². The summed E-state index contributed by atoms with van der Waals surface area (Å²) < 4.78 is 0. The lowest BCUT2D eigenvalue weighted by atomic mass is 10.0. The molecule has 1 N–H and O–H groups in total. The minimum absolute atomic E-state index is 0.149. The second-order valence-electron chi connectivity index (χ2n) is 6.96. The number of hydrogen-bond acceptors (Lipinski definition) is 4. The average Bonchev–Trinajstić information content (AvgIpc) is 2.91. The zero-order valence-electron chi connectivity index (χ0n) is 16.1. The van der Waals surface area contributed by atoms with Crippen LogP contribution < -0.4 is 5.32 Å². The number of rotatable bonds is 7. The van der Waals surface area contributed by atoms with E-state index < -0.39 is 5.91 Å². The summed E-state index contributed by atoms with van der Waals surface area (Å²) in [5.41, 5.74) is 3.11. The third-order valence-electron chi connectivity index (χ3n) is 4.59. The van der Waals surface area contributed by atoms with E-state index in [1.807, 2.05) is 38.4 Å². The average molecular weight is 377 g/mol. The van der Waals surface area contributed by atoms with Gasteiger partial charge in [-0.3, -0.25) is 19.3 Å². The minimum Gasteiger partial charge on any atom is -0.348 e. The molecule has 0 atom stereocenters. The van der Waals surface area contributed by atoms with Crippen LogP contribution in [0.4, 0.5) is 0 Å². The normalized spacial score (nSPS) is 13.0. The lowest BCUT2D eigenvalue weighted by molar-refractivity contribution is 0.0672. The van der Waals surface area contributed by atoms with Crippen molar-refractivity contribution < 1.29 is 14.4 Å². The molecule has 1 aliphatic rings. The highest BCUT2D eigenvalue weighted by molar-refractivity contribution is 6.22. The Hall–Kier alpha value is -3.25. The summed E-state index contributed by atoms with van der Waals surface area (Å²) in [6.45, 7) is 4.88. The van der Waals surface area contributed by atoms with Crippen LogP contribution >= 0.6 is 0 Å². The molecule has 0 spiro atoms. The van der Waals surface area contributed by atoms with E-state index in [1.54, 1.807) is 6.07 Å². The molecule has 6 heteroatoms. The number of hydrogen-bond donors (Lipinski definition) is 1. The molecule has 1 heterocycles. The second kappa shape index (κ2) is 8.19. The van der Waals surface area contributed by atoms with E-state index in [1.165, 1.54) is 18.2 Å². The summed E-state index contributed by atoms with van der Waals surface area (Å²) in [6.07, 6.45) is 1.50. The first-order chi connectivity index (χ1) is 13.4. The Kier molecular flexibility index (Phi) is 5.70. The fraction of sp³-hybridized carbons (Fsp3) is 0.227. The van der Waals surface area contributed by atoms with E-state index in [0.717, 1.165) is 22.6 Å². The van der Waals surface area contributed by atoms with Gasteiger partial charge in [-0.1, -0.05) is 30.3 Å². The molecule has 6 nitrogen and oxygen atoms in total. The maximum Gasteiger partial charge on any atom is 0.261 e. The van der Waals surface area contributed by atoms with Crippen LogP contribution in [0.25, 0.3) is 0 Å². The maximum atomic E-state index is 12.6. The van der Waals surface area contributed by atoms with Gasteiger partial charge < -0.3 is 10.2 Å². The number of fused-ring (bicyclic) bond motifs is 1. The smallest absolute Gasteiger partial charge is 0.261 e. The predicted molar refractivity (Wildman–Crippen MR) is 107 cm³/mol. The lowest BCUT2D eigenvalue weighted by Crippen LogP contribution is -2.29. The van der Waals surface area contributed by atoms with Gasteiger partial charge in [0.1, 0.15) is 0 Å². The molecule has 144 valence electrons. The molecule has 0 radical (unpaired) electrons. The summed E-state index contributed by atoms with van der Waals surface area (Å²) in [7, 11) is 3.99. The number of amides is 3. The summed E-state index contributed by atoms with van der Waals surface area (Å²) >= 11 is 0. The standard InChI is InChI=1S/C22H23N3O3/c1-4-11-25-21(27)18-10-9-15(12-19(18)22(25)28)20(26)23-13-16-7-5-6-8-17(16)14-24(2)3/h4-10,12H,1,11,13-14H2,2-3H3,(H,23,26). The Morgan fingerprint density at radius 2 is 1.75 bits per heavy atom. The van der Waals surface area contributed by atoms with E-state index >= 15 is 0 Å². The van der Waals surface area contributed by atoms with Gasteiger partial charge in [0.05, 0.1) is 11.1 Å². The van der Waals surface area contributed by atoms with Crippen molar-refractivity contribution >= 4 is 17.7 Å². The van der Waals surface area contributed by atoms with Crippen LogP contribution in [0, 0.1) is 0 Å². The molecule has 3 rings (SSSR count). The molecule has 0 fully saturated rings. The van der Waals surface area contributed by atoms with Crippen LogP contribution in [0.15, 0.2) is 55.1 Å². The van der Waals surface area contributed by atoms with Crippen LogP contribution in [-0.4, -0.2) is 48.2 Å². The van der Waals surface area contributed by atoms with Gasteiger partial charge >= 0.3 is 0 Å². The fourth-order valence-electron chi connectivity index (χ4n) is 3.23. The van der Waals surface area contributed by atoms with Gasteiger partial charge in [-0.2, -0.15) is 0 Å². The number of imide groups is 1. The maximum absolute atomic E-state index is 12.6. The summed E-state index contributed by atoms with van der Waals surface area (Å²) in [4.78, 5) is 40.5. The molecular weight excluding hydrogens is 354 g/mol. The van der Waals surface area contributed by atoms with E-state index in [-0.39, 0.29) is 23.9 Å². The number of carbonyl (C=O) groups is 3. The molecule has 2 aromatic rings. The minimum atomic E-state index is -0.397. The van der Waals surface area contributed by atoms with Gasteiger partial charge in [0.15, 0.2) is 0 Å². The van der Waals surface area contributed by atoms with Gasteiger partial charge in [-0.25, -0.2) is 0 Å². The highest BCUT2D eigenvalue weighted by Crippen LogP contribution is 2.24. The number of carbonyl (C=O) groups excluding carboxylic acids is 3. The van der Waals surface area contributed by atoms with E-state index in [9.17, 15) is 14.4 Å². The molecule has 0 unspecified atom stereocenters. The molecule has 1 aliphatic heterocycles. The van der Waals surface area contributed by atoms with Gasteiger partial charge in [0, 0.05) is 25.2 Å². The number of benzene rings is 2. The molecule has 2 aromatic carbocycles. The SMILES string of the molecule is C=CCN1C(=O)c2ccc(C(=O)NCc3ccccc3CN(C)C)cc2C1=O. The van der Waals surface area contributed by atoms with Crippen LogP contribution in [0.3, 0.4) is 0 Å². The molecule has 0 bridgehead atoms. The quantitative estimate of drug-likeness (QED) is 0.594. The van der Waals surface area contributed by atoms with Crippen LogP contribution in [0.1, 0.15) is 42.2 Å². The van der Waals surface area contributed by atoms with Gasteiger partial charge in [-0.15, -0.1) is 6.58 Å². The number of nitrogens with zero attached hydrogens (tertiary/aromatic N) is 2. The molecule has 3 amide bonds. The Bertz CT molecular complexity index is 950. The third-order valence-corrected chi connectivity index (χ3v) is 4.59. The monoisotopic (exact) mass is 377 g/mol. The highest BCUT2D eigenvalue weighted by Gasteiger charge is 2.35. The van der Waals surface area contributed by atoms with E-state index in [2.05, 4.69) is 16.8 Å². The summed E-state index contributed by atoms with van der Waals surface area (Å²) in [5.74, 6) is -1.04. The van der Waals surface area contributed by atoms with Gasteiger partial charge in [0.2, 0.25) is 0 Å². The predicted octanol–water partition coefficient (Wildman–Crippen LogP) is 2.46. The Morgan fingerprint density at radius 1 is 1.07 bits per heavy atom. The lowest BCUT2D eigenvalue weighted by Gasteiger charge is -2.14. The van der Waals surface area contributed by atoms with E-state index in [4.69, 9.17) is 0 Å². The van der Waals surface area contributed by atoms with Crippen LogP contribution in [-0.2, 0) is 13.1 Å². The molecule has 0 saturated heterocycles. The van der Waals surface area contributed by atoms with Gasteiger partial charge in [-0.05, 0) is 43.4 Å². The van der Waals surface area contributed by atoms with E-state index in [0.29, 0.717) is 17.7 Å². The second-order valence-corrected chi connectivity index (χ2v) is 6.96. The van der Waals surface area contributed by atoms with Crippen molar-refractivity contribution in [1.82, 2.24) is 15.1 Å².